The SMILES string of the molecule is COc1ccc(-c2n[nH]c(=O)n2-c2ccccc2NC(C)=O)c(OC)c1. The first-order valence-corrected chi connectivity index (χ1v) is 7.82. The Balaban J connectivity index is 2.21. The summed E-state index contributed by atoms with van der Waals surface area (Å²) in [4.78, 5) is 23.9. The Hall–Kier alpha value is -3.55. The molecule has 1 aromatic heterocycles. The van der Waals surface area contributed by atoms with E-state index in [-0.39, 0.29) is 5.91 Å². The standard InChI is InChI=1S/C18H18N4O4/c1-11(23)19-14-6-4-5-7-15(14)22-17(20-21-18(22)24)13-9-8-12(25-2)10-16(13)26-3/h4-10H,1-3H3,(H,19,23)(H,21,24). The van der Waals surface area contributed by atoms with Gasteiger partial charge < -0.3 is 14.8 Å². The van der Waals surface area contributed by atoms with Gasteiger partial charge in [0.05, 0.1) is 31.2 Å². The quantitative estimate of drug-likeness (QED) is 0.732. The molecule has 2 N–H and O–H groups in total. The fraction of sp³-hybridized carbons (Fsp3) is 0.167. The molecule has 3 aromatic rings. The second-order valence-corrected chi connectivity index (χ2v) is 5.45. The highest BCUT2D eigenvalue weighted by Crippen LogP contribution is 2.33. The fourth-order valence-corrected chi connectivity index (χ4v) is 2.65. The summed E-state index contributed by atoms with van der Waals surface area (Å²) in [6.45, 7) is 1.41. The third-order valence-corrected chi connectivity index (χ3v) is 3.78. The number of methoxy groups -OCH3 is 2. The number of H-pyrrole nitrogens is 1. The maximum atomic E-state index is 12.4. The molecule has 1 heterocycles. The topological polar surface area (TPSA) is 98.2 Å². The van der Waals surface area contributed by atoms with Crippen molar-refractivity contribution in [1.82, 2.24) is 14.8 Å². The van der Waals surface area contributed by atoms with E-state index in [1.807, 2.05) is 0 Å². The number of ether oxygens (including phenoxy) is 2. The minimum absolute atomic E-state index is 0.238. The molecule has 0 saturated heterocycles. The van der Waals surface area contributed by atoms with Gasteiger partial charge >= 0.3 is 5.69 Å². The van der Waals surface area contributed by atoms with Gasteiger partial charge in [0, 0.05) is 13.0 Å². The number of amides is 1. The third-order valence-electron chi connectivity index (χ3n) is 3.78. The van der Waals surface area contributed by atoms with Crippen LogP contribution >= 0.6 is 0 Å². The molecule has 2 aromatic carbocycles. The predicted molar refractivity (Wildman–Crippen MR) is 97.0 cm³/mol. The lowest BCUT2D eigenvalue weighted by Crippen LogP contribution is -2.18. The van der Waals surface area contributed by atoms with Gasteiger partial charge in [-0.15, -0.1) is 0 Å². The smallest absolute Gasteiger partial charge is 0.348 e. The van der Waals surface area contributed by atoms with Crippen molar-refractivity contribution < 1.29 is 14.3 Å². The van der Waals surface area contributed by atoms with Crippen LogP contribution in [0.2, 0.25) is 0 Å². The zero-order valence-electron chi connectivity index (χ0n) is 14.6. The molecular formula is C18H18N4O4. The number of nitrogens with one attached hydrogen (secondary N) is 2. The van der Waals surface area contributed by atoms with Crippen LogP contribution in [0.5, 0.6) is 11.5 Å². The lowest BCUT2D eigenvalue weighted by molar-refractivity contribution is -0.114. The largest absolute Gasteiger partial charge is 0.497 e. The van der Waals surface area contributed by atoms with Crippen molar-refractivity contribution >= 4 is 11.6 Å². The van der Waals surface area contributed by atoms with Gasteiger partial charge in [-0.3, -0.25) is 4.79 Å². The van der Waals surface area contributed by atoms with Crippen molar-refractivity contribution in [2.75, 3.05) is 19.5 Å². The van der Waals surface area contributed by atoms with E-state index in [0.29, 0.717) is 34.3 Å². The predicted octanol–water partition coefficient (Wildman–Crippen LogP) is 2.20. The third kappa shape index (κ3) is 3.16. The highest BCUT2D eigenvalue weighted by atomic mass is 16.5. The van der Waals surface area contributed by atoms with Crippen LogP contribution in [0.15, 0.2) is 47.3 Å². The van der Waals surface area contributed by atoms with E-state index in [9.17, 15) is 9.59 Å². The van der Waals surface area contributed by atoms with Crippen LogP contribution in [0.25, 0.3) is 17.1 Å². The summed E-state index contributed by atoms with van der Waals surface area (Å²) in [5, 5.41) is 9.31. The molecule has 0 radical (unpaired) electrons. The molecule has 3 rings (SSSR count). The molecule has 0 aliphatic heterocycles. The van der Waals surface area contributed by atoms with Gasteiger partial charge in [0.1, 0.15) is 11.5 Å². The number of benzene rings is 2. The van der Waals surface area contributed by atoms with Crippen LogP contribution in [0.1, 0.15) is 6.92 Å². The highest BCUT2D eigenvalue weighted by molar-refractivity contribution is 5.91. The maximum absolute atomic E-state index is 12.4. The number of anilines is 1. The van der Waals surface area contributed by atoms with Gasteiger partial charge in [-0.1, -0.05) is 12.1 Å². The first-order valence-electron chi connectivity index (χ1n) is 7.82. The summed E-state index contributed by atoms with van der Waals surface area (Å²) < 4.78 is 12.0. The molecule has 26 heavy (non-hydrogen) atoms. The van der Waals surface area contributed by atoms with Crippen LogP contribution in [0.4, 0.5) is 5.69 Å². The summed E-state index contributed by atoms with van der Waals surface area (Å²) in [5.74, 6) is 1.24. The van der Waals surface area contributed by atoms with E-state index in [0.717, 1.165) is 0 Å². The lowest BCUT2D eigenvalue weighted by Gasteiger charge is -2.14. The number of hydrogen-bond acceptors (Lipinski definition) is 5. The minimum Gasteiger partial charge on any atom is -0.497 e. The number of nitrogens with zero attached hydrogens (tertiary/aromatic N) is 2. The lowest BCUT2D eigenvalue weighted by atomic mass is 10.1. The summed E-state index contributed by atoms with van der Waals surface area (Å²) in [5.41, 5.74) is 1.16. The Kier molecular flexibility index (Phi) is 4.74. The van der Waals surface area contributed by atoms with E-state index in [4.69, 9.17) is 9.47 Å². The number of carbonyl (C=O) groups excluding carboxylic acids is 1. The molecule has 8 heteroatoms. The van der Waals surface area contributed by atoms with Gasteiger partial charge in [-0.2, -0.15) is 5.10 Å². The van der Waals surface area contributed by atoms with Crippen LogP contribution in [0.3, 0.4) is 0 Å². The van der Waals surface area contributed by atoms with Gasteiger partial charge in [-0.25, -0.2) is 14.5 Å². The van der Waals surface area contributed by atoms with Crippen LogP contribution < -0.4 is 20.5 Å². The molecule has 0 fully saturated rings. The van der Waals surface area contributed by atoms with Gasteiger partial charge in [-0.05, 0) is 24.3 Å². The summed E-state index contributed by atoms with van der Waals surface area (Å²) >= 11 is 0. The molecule has 0 spiro atoms. The van der Waals surface area contributed by atoms with Crippen molar-refractivity contribution in [2.24, 2.45) is 0 Å². The molecule has 0 aliphatic carbocycles. The second-order valence-electron chi connectivity index (χ2n) is 5.45. The molecule has 0 atom stereocenters. The zero-order chi connectivity index (χ0) is 18.7. The molecule has 8 nitrogen and oxygen atoms in total. The number of carbonyl (C=O) groups is 1. The fourth-order valence-electron chi connectivity index (χ4n) is 2.65. The molecular weight excluding hydrogens is 336 g/mol. The van der Waals surface area contributed by atoms with Gasteiger partial charge in [0.15, 0.2) is 5.82 Å². The van der Waals surface area contributed by atoms with Crippen LogP contribution in [-0.4, -0.2) is 34.9 Å². The molecule has 134 valence electrons. The number of rotatable bonds is 5. The average molecular weight is 354 g/mol. The Labute approximate surface area is 149 Å². The van der Waals surface area contributed by atoms with Crippen molar-refractivity contribution in [3.63, 3.8) is 0 Å². The van der Waals surface area contributed by atoms with Crippen molar-refractivity contribution in [3.8, 4) is 28.6 Å². The molecule has 0 saturated carbocycles. The summed E-state index contributed by atoms with van der Waals surface area (Å²) in [6.07, 6.45) is 0. The summed E-state index contributed by atoms with van der Waals surface area (Å²) in [6, 6.07) is 12.2. The van der Waals surface area contributed by atoms with E-state index >= 15 is 0 Å². The Morgan fingerprint density at radius 3 is 2.62 bits per heavy atom. The molecule has 0 aliphatic rings. The van der Waals surface area contributed by atoms with Crippen molar-refractivity contribution in [2.45, 2.75) is 6.92 Å². The Morgan fingerprint density at radius 2 is 1.92 bits per heavy atom. The highest BCUT2D eigenvalue weighted by Gasteiger charge is 2.19. The van der Waals surface area contributed by atoms with Crippen LogP contribution in [-0.2, 0) is 4.79 Å². The van der Waals surface area contributed by atoms with Gasteiger partial charge in [0.2, 0.25) is 5.91 Å². The monoisotopic (exact) mass is 354 g/mol. The number of para-hydroxylation sites is 2. The van der Waals surface area contributed by atoms with Crippen LogP contribution in [0, 0.1) is 0 Å². The van der Waals surface area contributed by atoms with Gasteiger partial charge in [0.25, 0.3) is 0 Å². The first kappa shape index (κ1) is 17.3. The molecule has 0 bridgehead atoms. The number of aromatic amines is 1. The van der Waals surface area contributed by atoms with E-state index < -0.39 is 5.69 Å². The first-order chi connectivity index (χ1) is 12.5. The summed E-state index contributed by atoms with van der Waals surface area (Å²) in [7, 11) is 3.08. The van der Waals surface area contributed by atoms with E-state index in [1.54, 1.807) is 49.6 Å². The number of hydrogen-bond donors (Lipinski definition) is 2. The number of aromatic nitrogens is 3. The zero-order valence-corrected chi connectivity index (χ0v) is 14.6. The Morgan fingerprint density at radius 1 is 1.15 bits per heavy atom. The van der Waals surface area contributed by atoms with E-state index in [2.05, 4.69) is 15.5 Å². The Bertz CT molecular complexity index is 1010. The molecule has 0 unspecified atom stereocenters. The second kappa shape index (κ2) is 7.14. The van der Waals surface area contributed by atoms with Crippen molar-refractivity contribution in [3.05, 3.63) is 52.9 Å². The normalized spacial score (nSPS) is 10.4. The minimum atomic E-state index is -0.435. The molecule has 1 amide bonds. The van der Waals surface area contributed by atoms with Crippen molar-refractivity contribution in [1.29, 1.82) is 0 Å². The maximum Gasteiger partial charge on any atom is 0.348 e. The van der Waals surface area contributed by atoms with E-state index in [1.165, 1.54) is 18.6 Å². The average Bonchev–Trinajstić information content (AvgIpc) is 3.02.